The van der Waals surface area contributed by atoms with Crippen LogP contribution >= 0.6 is 11.6 Å². The zero-order valence-corrected chi connectivity index (χ0v) is 10.9. The van der Waals surface area contributed by atoms with Gasteiger partial charge in [0.1, 0.15) is 0 Å². The largest absolute Gasteiger partial charge is 0.327 e. The molecule has 0 saturated heterocycles. The van der Waals surface area contributed by atoms with E-state index in [1.807, 2.05) is 18.2 Å². The predicted molar refractivity (Wildman–Crippen MR) is 75.1 cm³/mol. The predicted octanol–water partition coefficient (Wildman–Crippen LogP) is 4.26. The zero-order valence-electron chi connectivity index (χ0n) is 10.2. The van der Waals surface area contributed by atoms with Crippen molar-refractivity contribution in [3.8, 4) is 0 Å². The smallest absolute Gasteiger partial charge is 0.0411 e. The molecule has 2 rings (SSSR count). The van der Waals surface area contributed by atoms with E-state index in [0.29, 0.717) is 12.5 Å². The summed E-state index contributed by atoms with van der Waals surface area (Å²) in [6.07, 6.45) is 8.88. The van der Waals surface area contributed by atoms with Crippen LogP contribution in [0.4, 0.5) is 0 Å². The van der Waals surface area contributed by atoms with Gasteiger partial charge in [0.25, 0.3) is 0 Å². The summed E-state index contributed by atoms with van der Waals surface area (Å²) in [5, 5.41) is 0.791. The number of hydrogen-bond acceptors (Lipinski definition) is 1. The van der Waals surface area contributed by atoms with Gasteiger partial charge in [0, 0.05) is 11.6 Å². The Hall–Kier alpha value is -0.790. The molecule has 1 nitrogen and oxygen atoms in total. The quantitative estimate of drug-likeness (QED) is 0.851. The maximum atomic E-state index is 6.00. The summed E-state index contributed by atoms with van der Waals surface area (Å²) in [6, 6.07) is 7.98. The minimum Gasteiger partial charge on any atom is -0.327 e. The third kappa shape index (κ3) is 3.58. The first-order valence-corrected chi connectivity index (χ1v) is 6.83. The first kappa shape index (κ1) is 12.7. The molecule has 2 N–H and O–H groups in total. The molecular weight excluding hydrogens is 230 g/mol. The maximum absolute atomic E-state index is 6.00. The van der Waals surface area contributed by atoms with Crippen LogP contribution in [-0.4, -0.2) is 6.54 Å². The fourth-order valence-corrected chi connectivity index (χ4v) is 2.83. The number of nitrogens with two attached hydrogens (primary N) is 1. The van der Waals surface area contributed by atoms with Crippen LogP contribution in [0.2, 0.25) is 5.02 Å². The summed E-state index contributed by atoms with van der Waals surface area (Å²) in [5.41, 5.74) is 8.44. The van der Waals surface area contributed by atoms with Crippen molar-refractivity contribution >= 4 is 17.7 Å². The molecule has 0 radical (unpaired) electrons. The van der Waals surface area contributed by atoms with Crippen molar-refractivity contribution in [2.24, 2.45) is 11.7 Å². The Morgan fingerprint density at radius 2 is 2.06 bits per heavy atom. The highest BCUT2D eigenvalue weighted by Gasteiger charge is 2.16. The van der Waals surface area contributed by atoms with E-state index in [2.05, 4.69) is 12.1 Å². The van der Waals surface area contributed by atoms with E-state index in [4.69, 9.17) is 17.3 Å². The van der Waals surface area contributed by atoms with Gasteiger partial charge in [-0.25, -0.2) is 0 Å². The molecule has 0 atom stereocenters. The molecule has 0 spiro atoms. The summed E-state index contributed by atoms with van der Waals surface area (Å²) < 4.78 is 0. The second-order valence-corrected chi connectivity index (χ2v) is 5.25. The van der Waals surface area contributed by atoms with Crippen molar-refractivity contribution in [1.82, 2.24) is 0 Å². The molecule has 92 valence electrons. The Labute approximate surface area is 109 Å². The molecule has 0 amide bonds. The lowest BCUT2D eigenvalue weighted by Crippen LogP contribution is -2.16. The maximum Gasteiger partial charge on any atom is 0.0411 e. The van der Waals surface area contributed by atoms with Crippen molar-refractivity contribution in [1.29, 1.82) is 0 Å². The van der Waals surface area contributed by atoms with E-state index in [9.17, 15) is 0 Å². The summed E-state index contributed by atoms with van der Waals surface area (Å²) >= 11 is 6.00. The molecule has 0 bridgehead atoms. The lowest BCUT2D eigenvalue weighted by atomic mass is 9.83. The Bertz CT molecular complexity index is 392. The lowest BCUT2D eigenvalue weighted by molar-refractivity contribution is 0.401. The third-order valence-electron chi connectivity index (χ3n) is 3.57. The van der Waals surface area contributed by atoms with Crippen molar-refractivity contribution in [3.05, 3.63) is 40.4 Å². The van der Waals surface area contributed by atoms with E-state index in [-0.39, 0.29) is 0 Å². The number of halogens is 1. The highest BCUT2D eigenvalue weighted by Crippen LogP contribution is 2.30. The first-order valence-electron chi connectivity index (χ1n) is 6.45. The molecule has 0 aliphatic heterocycles. The zero-order chi connectivity index (χ0) is 12.1. The van der Waals surface area contributed by atoms with Gasteiger partial charge in [-0.2, -0.15) is 0 Å². The molecular formula is C15H20ClN. The van der Waals surface area contributed by atoms with Gasteiger partial charge < -0.3 is 5.73 Å². The minimum absolute atomic E-state index is 0.664. The topological polar surface area (TPSA) is 26.0 Å². The van der Waals surface area contributed by atoms with Gasteiger partial charge in [0.15, 0.2) is 0 Å². The molecule has 0 heterocycles. The van der Waals surface area contributed by atoms with Crippen molar-refractivity contribution in [2.75, 3.05) is 6.54 Å². The number of hydrogen-bond donors (Lipinski definition) is 1. The monoisotopic (exact) mass is 249 g/mol. The van der Waals surface area contributed by atoms with Crippen LogP contribution in [0, 0.1) is 5.92 Å². The Kier molecular flexibility index (Phi) is 4.64. The van der Waals surface area contributed by atoms with Crippen molar-refractivity contribution < 1.29 is 0 Å². The fraction of sp³-hybridized carbons (Fsp3) is 0.467. The second kappa shape index (κ2) is 6.23. The third-order valence-corrected chi connectivity index (χ3v) is 3.80. The molecule has 1 aliphatic rings. The molecule has 17 heavy (non-hydrogen) atoms. The lowest BCUT2D eigenvalue weighted by Gasteiger charge is -2.23. The Balaban J connectivity index is 2.16. The molecule has 1 aromatic carbocycles. The van der Waals surface area contributed by atoms with Gasteiger partial charge in [0.05, 0.1) is 0 Å². The number of rotatable bonds is 3. The summed E-state index contributed by atoms with van der Waals surface area (Å²) in [5.74, 6) is 0.688. The molecule has 1 aliphatic carbocycles. The minimum atomic E-state index is 0.664. The first-order chi connectivity index (χ1) is 8.29. The van der Waals surface area contributed by atoms with Gasteiger partial charge in [-0.15, -0.1) is 0 Å². The standard InChI is InChI=1S/C15H20ClN/c16-15-8-4-5-12(10-15)9-14(11-17)13-6-2-1-3-7-13/h4-5,8-10,13H,1-3,6-7,11,17H2. The van der Waals surface area contributed by atoms with Gasteiger partial charge in [-0.05, 0) is 36.5 Å². The molecule has 1 saturated carbocycles. The van der Waals surface area contributed by atoms with Gasteiger partial charge in [0.2, 0.25) is 0 Å². The van der Waals surface area contributed by atoms with Crippen LogP contribution in [0.1, 0.15) is 37.7 Å². The van der Waals surface area contributed by atoms with E-state index in [1.54, 1.807) is 0 Å². The molecule has 1 aromatic rings. The fourth-order valence-electron chi connectivity index (χ4n) is 2.63. The highest BCUT2D eigenvalue weighted by atomic mass is 35.5. The van der Waals surface area contributed by atoms with E-state index in [1.165, 1.54) is 43.2 Å². The summed E-state index contributed by atoms with van der Waals surface area (Å²) in [4.78, 5) is 0. The normalized spacial score (nSPS) is 18.4. The molecule has 0 unspecified atom stereocenters. The Morgan fingerprint density at radius 3 is 2.71 bits per heavy atom. The van der Waals surface area contributed by atoms with Crippen molar-refractivity contribution in [3.63, 3.8) is 0 Å². The van der Waals surface area contributed by atoms with Crippen molar-refractivity contribution in [2.45, 2.75) is 32.1 Å². The van der Waals surface area contributed by atoms with Crippen LogP contribution in [-0.2, 0) is 0 Å². The Morgan fingerprint density at radius 1 is 1.29 bits per heavy atom. The van der Waals surface area contributed by atoms with Crippen LogP contribution in [0.3, 0.4) is 0 Å². The van der Waals surface area contributed by atoms with E-state index in [0.717, 1.165) is 5.02 Å². The van der Waals surface area contributed by atoms with Crippen LogP contribution in [0.15, 0.2) is 29.8 Å². The molecule has 1 fully saturated rings. The summed E-state index contributed by atoms with van der Waals surface area (Å²) in [7, 11) is 0. The van der Waals surface area contributed by atoms with E-state index >= 15 is 0 Å². The van der Waals surface area contributed by atoms with Gasteiger partial charge in [-0.1, -0.05) is 54.6 Å². The summed E-state index contributed by atoms with van der Waals surface area (Å²) in [6.45, 7) is 0.664. The SMILES string of the molecule is NCC(=Cc1cccc(Cl)c1)C1CCCCC1. The van der Waals surface area contributed by atoms with E-state index < -0.39 is 0 Å². The molecule has 0 aromatic heterocycles. The van der Waals surface area contributed by atoms with Crippen LogP contribution in [0.5, 0.6) is 0 Å². The van der Waals surface area contributed by atoms with Crippen LogP contribution in [0.25, 0.3) is 6.08 Å². The van der Waals surface area contributed by atoms with Crippen LogP contribution < -0.4 is 5.73 Å². The average Bonchev–Trinajstić information content (AvgIpc) is 2.37. The van der Waals surface area contributed by atoms with Gasteiger partial charge >= 0.3 is 0 Å². The van der Waals surface area contributed by atoms with Gasteiger partial charge in [-0.3, -0.25) is 0 Å². The number of benzene rings is 1. The highest BCUT2D eigenvalue weighted by molar-refractivity contribution is 6.30. The average molecular weight is 250 g/mol. The molecule has 2 heteroatoms. The second-order valence-electron chi connectivity index (χ2n) is 4.81.